The van der Waals surface area contributed by atoms with Crippen molar-refractivity contribution in [1.29, 1.82) is 0 Å². The summed E-state index contributed by atoms with van der Waals surface area (Å²) >= 11 is 7.64. The normalized spacial score (nSPS) is 14.4. The van der Waals surface area contributed by atoms with E-state index in [0.29, 0.717) is 53.9 Å². The maximum Gasteiger partial charge on any atom is 0.269 e. The third-order valence-electron chi connectivity index (χ3n) is 4.24. The molecule has 0 bridgehead atoms. The molecule has 0 spiro atoms. The van der Waals surface area contributed by atoms with Gasteiger partial charge in [0.05, 0.1) is 18.1 Å². The second-order valence-corrected chi connectivity index (χ2v) is 7.31. The molecule has 3 aromatic rings. The number of morpholine rings is 1. The Bertz CT molecular complexity index is 1010. The van der Waals surface area contributed by atoms with Gasteiger partial charge in [0.25, 0.3) is 5.69 Å². The van der Waals surface area contributed by atoms with Crippen molar-refractivity contribution < 1.29 is 9.66 Å². The van der Waals surface area contributed by atoms with Crippen LogP contribution in [-0.2, 0) is 10.5 Å². The van der Waals surface area contributed by atoms with Gasteiger partial charge in [-0.2, -0.15) is 4.98 Å². The number of ether oxygens (including phenoxy) is 1. The lowest BCUT2D eigenvalue weighted by Gasteiger charge is -2.28. The van der Waals surface area contributed by atoms with Crippen LogP contribution in [0.25, 0.3) is 11.0 Å². The molecule has 4 rings (SSSR count). The Morgan fingerprint density at radius 3 is 2.61 bits per heavy atom. The van der Waals surface area contributed by atoms with Crippen LogP contribution in [0.3, 0.4) is 0 Å². The number of nitro groups is 1. The number of benzene rings is 1. The number of non-ortho nitro benzene ring substituents is 1. The minimum atomic E-state index is -0.416. The standard InChI is InChI=1S/C17H15ClN6O3S/c18-17-21-14-13(15(22-17)23-5-7-27-8-6-23)19-10-20-16(14)28-9-11-1-3-12(4-2-11)24(25)26/h1-4,10H,5-9H2. The molecule has 28 heavy (non-hydrogen) atoms. The first-order chi connectivity index (χ1) is 13.6. The van der Waals surface area contributed by atoms with Crippen LogP contribution in [0.5, 0.6) is 0 Å². The second kappa shape index (κ2) is 8.21. The smallest absolute Gasteiger partial charge is 0.269 e. The first-order valence-electron chi connectivity index (χ1n) is 8.49. The van der Waals surface area contributed by atoms with E-state index in [-0.39, 0.29) is 11.0 Å². The molecule has 0 N–H and O–H groups in total. The lowest BCUT2D eigenvalue weighted by atomic mass is 10.2. The van der Waals surface area contributed by atoms with Gasteiger partial charge in [-0.15, -0.1) is 0 Å². The molecule has 3 heterocycles. The molecule has 1 aliphatic heterocycles. The van der Waals surface area contributed by atoms with E-state index in [1.807, 2.05) is 0 Å². The highest BCUT2D eigenvalue weighted by atomic mass is 35.5. The van der Waals surface area contributed by atoms with E-state index in [4.69, 9.17) is 16.3 Å². The fourth-order valence-corrected chi connectivity index (χ4v) is 3.91. The highest BCUT2D eigenvalue weighted by Crippen LogP contribution is 2.31. The zero-order valence-corrected chi connectivity index (χ0v) is 16.2. The maximum atomic E-state index is 10.8. The van der Waals surface area contributed by atoms with Crippen molar-refractivity contribution in [2.24, 2.45) is 0 Å². The lowest BCUT2D eigenvalue weighted by Crippen LogP contribution is -2.37. The van der Waals surface area contributed by atoms with Crippen LogP contribution in [0.1, 0.15) is 5.56 Å². The van der Waals surface area contributed by atoms with Crippen LogP contribution >= 0.6 is 23.4 Å². The lowest BCUT2D eigenvalue weighted by molar-refractivity contribution is -0.384. The quantitative estimate of drug-likeness (QED) is 0.203. The summed E-state index contributed by atoms with van der Waals surface area (Å²) in [5.74, 6) is 1.26. The molecule has 0 unspecified atom stereocenters. The van der Waals surface area contributed by atoms with Gasteiger partial charge in [-0.3, -0.25) is 10.1 Å². The van der Waals surface area contributed by atoms with E-state index in [0.717, 1.165) is 5.56 Å². The molecule has 0 radical (unpaired) electrons. The minimum absolute atomic E-state index is 0.0657. The van der Waals surface area contributed by atoms with Crippen LogP contribution in [0, 0.1) is 10.1 Å². The van der Waals surface area contributed by atoms with Gasteiger partial charge in [0, 0.05) is 31.0 Å². The Morgan fingerprint density at radius 1 is 1.14 bits per heavy atom. The summed E-state index contributed by atoms with van der Waals surface area (Å²) in [4.78, 5) is 29.9. The fraction of sp³-hybridized carbons (Fsp3) is 0.294. The first-order valence-corrected chi connectivity index (χ1v) is 9.85. The van der Waals surface area contributed by atoms with E-state index in [1.165, 1.54) is 30.2 Å². The number of aromatic nitrogens is 4. The SMILES string of the molecule is O=[N+]([O-])c1ccc(CSc2ncnc3c(N4CCOCC4)nc(Cl)nc23)cc1. The van der Waals surface area contributed by atoms with Crippen molar-refractivity contribution >= 4 is 45.9 Å². The summed E-state index contributed by atoms with van der Waals surface area (Å²) in [6, 6.07) is 6.44. The van der Waals surface area contributed by atoms with Crippen molar-refractivity contribution in [3.8, 4) is 0 Å². The number of anilines is 1. The fourth-order valence-electron chi connectivity index (χ4n) is 2.85. The molecule has 11 heteroatoms. The van der Waals surface area contributed by atoms with Gasteiger partial charge >= 0.3 is 0 Å². The highest BCUT2D eigenvalue weighted by Gasteiger charge is 2.20. The van der Waals surface area contributed by atoms with Crippen LogP contribution in [0.2, 0.25) is 5.28 Å². The van der Waals surface area contributed by atoms with Gasteiger partial charge in [0.2, 0.25) is 5.28 Å². The number of hydrogen-bond donors (Lipinski definition) is 0. The van der Waals surface area contributed by atoms with Crippen molar-refractivity contribution in [1.82, 2.24) is 19.9 Å². The number of rotatable bonds is 5. The summed E-state index contributed by atoms with van der Waals surface area (Å²) in [6.45, 7) is 2.65. The molecule has 1 saturated heterocycles. The molecule has 2 aromatic heterocycles. The van der Waals surface area contributed by atoms with E-state index >= 15 is 0 Å². The first kappa shape index (κ1) is 18.8. The summed E-state index contributed by atoms with van der Waals surface area (Å²) in [5.41, 5.74) is 2.25. The van der Waals surface area contributed by atoms with Crippen molar-refractivity contribution in [3.05, 3.63) is 51.6 Å². The number of nitro benzene ring substituents is 1. The summed E-state index contributed by atoms with van der Waals surface area (Å²) in [7, 11) is 0. The number of nitrogens with zero attached hydrogens (tertiary/aromatic N) is 6. The van der Waals surface area contributed by atoms with Crippen LogP contribution in [-0.4, -0.2) is 51.2 Å². The molecule has 0 aliphatic carbocycles. The number of halogens is 1. The average Bonchev–Trinajstić information content (AvgIpc) is 2.72. The Labute approximate surface area is 169 Å². The third kappa shape index (κ3) is 3.98. The van der Waals surface area contributed by atoms with Gasteiger partial charge in [0.15, 0.2) is 5.82 Å². The van der Waals surface area contributed by atoms with Gasteiger partial charge in [-0.05, 0) is 17.2 Å². The summed E-state index contributed by atoms with van der Waals surface area (Å²) in [5, 5.41) is 11.6. The third-order valence-corrected chi connectivity index (χ3v) is 5.45. The summed E-state index contributed by atoms with van der Waals surface area (Å²) < 4.78 is 5.40. The minimum Gasteiger partial charge on any atom is -0.378 e. The largest absolute Gasteiger partial charge is 0.378 e. The maximum absolute atomic E-state index is 10.8. The molecular weight excluding hydrogens is 404 g/mol. The Balaban J connectivity index is 1.62. The number of thioether (sulfide) groups is 1. The molecule has 9 nitrogen and oxygen atoms in total. The molecular formula is C17H15ClN6O3S. The van der Waals surface area contributed by atoms with Gasteiger partial charge in [-0.1, -0.05) is 23.9 Å². The van der Waals surface area contributed by atoms with Gasteiger partial charge < -0.3 is 9.64 Å². The zero-order valence-electron chi connectivity index (χ0n) is 14.6. The Kier molecular flexibility index (Phi) is 5.51. The van der Waals surface area contributed by atoms with Crippen molar-refractivity contribution in [2.45, 2.75) is 10.8 Å². The van der Waals surface area contributed by atoms with Crippen LogP contribution in [0.15, 0.2) is 35.6 Å². The number of hydrogen-bond acceptors (Lipinski definition) is 9. The Morgan fingerprint density at radius 2 is 1.89 bits per heavy atom. The average molecular weight is 419 g/mol. The molecule has 0 saturated carbocycles. The van der Waals surface area contributed by atoms with E-state index in [9.17, 15) is 10.1 Å². The topological polar surface area (TPSA) is 107 Å². The molecule has 1 aliphatic rings. The van der Waals surface area contributed by atoms with E-state index in [1.54, 1.807) is 12.1 Å². The van der Waals surface area contributed by atoms with Crippen LogP contribution in [0.4, 0.5) is 11.5 Å². The van der Waals surface area contributed by atoms with Crippen LogP contribution < -0.4 is 4.90 Å². The van der Waals surface area contributed by atoms with Gasteiger partial charge in [0.1, 0.15) is 22.4 Å². The molecule has 0 amide bonds. The highest BCUT2D eigenvalue weighted by molar-refractivity contribution is 7.98. The van der Waals surface area contributed by atoms with E-state index < -0.39 is 4.92 Å². The summed E-state index contributed by atoms with van der Waals surface area (Å²) in [6.07, 6.45) is 1.49. The van der Waals surface area contributed by atoms with Crippen molar-refractivity contribution in [2.75, 3.05) is 31.2 Å². The monoisotopic (exact) mass is 418 g/mol. The Hall–Kier alpha value is -2.56. The zero-order chi connectivity index (χ0) is 19.5. The van der Waals surface area contributed by atoms with E-state index in [2.05, 4.69) is 24.8 Å². The van der Waals surface area contributed by atoms with Gasteiger partial charge in [-0.25, -0.2) is 15.0 Å². The predicted molar refractivity (Wildman–Crippen MR) is 106 cm³/mol. The van der Waals surface area contributed by atoms with Crippen molar-refractivity contribution in [3.63, 3.8) is 0 Å². The number of fused-ring (bicyclic) bond motifs is 1. The molecule has 1 fully saturated rings. The second-order valence-electron chi connectivity index (χ2n) is 6.00. The molecule has 144 valence electrons. The predicted octanol–water partition coefficient (Wildman–Crippen LogP) is 3.11. The molecule has 0 atom stereocenters. The molecule has 1 aromatic carbocycles.